The van der Waals surface area contributed by atoms with Crippen molar-refractivity contribution in [2.24, 2.45) is 5.92 Å². The minimum atomic E-state index is -0.386. The fourth-order valence-corrected chi connectivity index (χ4v) is 2.74. The van der Waals surface area contributed by atoms with Gasteiger partial charge in [-0.3, -0.25) is 9.59 Å². The molecule has 1 aliphatic rings. The van der Waals surface area contributed by atoms with E-state index in [1.54, 1.807) is 0 Å². The van der Waals surface area contributed by atoms with Gasteiger partial charge in [-0.25, -0.2) is 4.39 Å². The summed E-state index contributed by atoms with van der Waals surface area (Å²) in [5.41, 5.74) is 1.39. The Morgan fingerprint density at radius 3 is 2.30 bits per heavy atom. The monoisotopic (exact) mass is 311 g/mol. The Morgan fingerprint density at radius 1 is 1.04 bits per heavy atom. The number of ketones is 1. The lowest BCUT2D eigenvalue weighted by Crippen LogP contribution is -2.34. The molecular formula is C19H18FNO2. The molecule has 1 aliphatic carbocycles. The van der Waals surface area contributed by atoms with E-state index in [-0.39, 0.29) is 30.0 Å². The summed E-state index contributed by atoms with van der Waals surface area (Å²) in [6.07, 6.45) is 2.08. The third kappa shape index (κ3) is 3.83. The average Bonchev–Trinajstić information content (AvgIpc) is 3.39. The summed E-state index contributed by atoms with van der Waals surface area (Å²) in [5.74, 6) is -0.561. The lowest BCUT2D eigenvalue weighted by molar-refractivity contribution is -0.122. The number of rotatable bonds is 6. The molecule has 3 rings (SSSR count). The molecule has 2 aromatic carbocycles. The molecule has 3 nitrogen and oxygen atoms in total. The van der Waals surface area contributed by atoms with Gasteiger partial charge in [0, 0.05) is 5.56 Å². The summed E-state index contributed by atoms with van der Waals surface area (Å²) >= 11 is 0. The van der Waals surface area contributed by atoms with Gasteiger partial charge in [0.25, 0.3) is 0 Å². The first kappa shape index (κ1) is 15.4. The summed E-state index contributed by atoms with van der Waals surface area (Å²) in [6, 6.07) is 15.0. The predicted octanol–water partition coefficient (Wildman–Crippen LogP) is 3.32. The van der Waals surface area contributed by atoms with Crippen LogP contribution in [0.4, 0.5) is 4.39 Å². The van der Waals surface area contributed by atoms with Crippen molar-refractivity contribution in [1.29, 1.82) is 0 Å². The van der Waals surface area contributed by atoms with E-state index in [4.69, 9.17) is 0 Å². The van der Waals surface area contributed by atoms with Crippen LogP contribution in [0.25, 0.3) is 0 Å². The molecule has 1 saturated carbocycles. The van der Waals surface area contributed by atoms with Crippen LogP contribution >= 0.6 is 0 Å². The number of hydrogen-bond donors (Lipinski definition) is 1. The van der Waals surface area contributed by atoms with Crippen LogP contribution in [0.2, 0.25) is 0 Å². The third-order valence-corrected chi connectivity index (χ3v) is 4.12. The first-order valence-electron chi connectivity index (χ1n) is 7.76. The van der Waals surface area contributed by atoms with E-state index in [9.17, 15) is 14.0 Å². The summed E-state index contributed by atoms with van der Waals surface area (Å²) in [7, 11) is 0. The number of carbonyl (C=O) groups is 2. The Balaban J connectivity index is 1.63. The average molecular weight is 311 g/mol. The van der Waals surface area contributed by atoms with E-state index < -0.39 is 0 Å². The van der Waals surface area contributed by atoms with Crippen LogP contribution in [-0.4, -0.2) is 18.2 Å². The summed E-state index contributed by atoms with van der Waals surface area (Å²) < 4.78 is 12.9. The number of hydrogen-bond acceptors (Lipinski definition) is 2. The number of Topliss-reactive ketones (excluding diaryl/α,β-unsaturated/α-hetero) is 1. The summed E-state index contributed by atoms with van der Waals surface area (Å²) in [5, 5.41) is 2.73. The highest BCUT2D eigenvalue weighted by atomic mass is 19.1. The first-order valence-corrected chi connectivity index (χ1v) is 7.76. The van der Waals surface area contributed by atoms with Gasteiger partial charge in [-0.2, -0.15) is 0 Å². The highest BCUT2D eigenvalue weighted by Gasteiger charge is 2.37. The Bertz CT molecular complexity index is 693. The highest BCUT2D eigenvalue weighted by Crippen LogP contribution is 2.42. The van der Waals surface area contributed by atoms with Gasteiger partial charge in [0.1, 0.15) is 5.82 Å². The van der Waals surface area contributed by atoms with E-state index in [0.29, 0.717) is 11.5 Å². The SMILES string of the molecule is O=C(CNC(=O)C(c1ccccc1)C1CC1)c1ccc(F)cc1. The van der Waals surface area contributed by atoms with E-state index in [1.165, 1.54) is 24.3 Å². The summed E-state index contributed by atoms with van der Waals surface area (Å²) in [4.78, 5) is 24.6. The Labute approximate surface area is 134 Å². The normalized spacial score (nSPS) is 15.0. The lowest BCUT2D eigenvalue weighted by atomic mass is 9.93. The van der Waals surface area contributed by atoms with Gasteiger partial charge in [-0.1, -0.05) is 30.3 Å². The van der Waals surface area contributed by atoms with Crippen molar-refractivity contribution in [2.45, 2.75) is 18.8 Å². The maximum Gasteiger partial charge on any atom is 0.228 e. The number of halogens is 1. The Morgan fingerprint density at radius 2 is 1.70 bits per heavy atom. The number of benzene rings is 2. The molecule has 1 atom stereocenters. The molecule has 1 fully saturated rings. The molecule has 1 N–H and O–H groups in total. The van der Waals surface area contributed by atoms with Crippen LogP contribution in [0.5, 0.6) is 0 Å². The molecule has 0 spiro atoms. The van der Waals surface area contributed by atoms with Crippen molar-refractivity contribution in [3.05, 3.63) is 71.5 Å². The maximum absolute atomic E-state index is 12.9. The molecule has 0 saturated heterocycles. The van der Waals surface area contributed by atoms with E-state index in [1.807, 2.05) is 30.3 Å². The molecule has 1 unspecified atom stereocenters. The van der Waals surface area contributed by atoms with Crippen molar-refractivity contribution in [1.82, 2.24) is 5.32 Å². The Kier molecular flexibility index (Phi) is 4.51. The van der Waals surface area contributed by atoms with Crippen LogP contribution in [0.15, 0.2) is 54.6 Å². The van der Waals surface area contributed by atoms with Gasteiger partial charge >= 0.3 is 0 Å². The second-order valence-corrected chi connectivity index (χ2v) is 5.87. The molecule has 23 heavy (non-hydrogen) atoms. The fraction of sp³-hybridized carbons (Fsp3) is 0.263. The molecule has 2 aromatic rings. The van der Waals surface area contributed by atoms with Crippen molar-refractivity contribution in [2.75, 3.05) is 6.54 Å². The first-order chi connectivity index (χ1) is 11.1. The molecule has 1 amide bonds. The minimum Gasteiger partial charge on any atom is -0.348 e. The van der Waals surface area contributed by atoms with E-state index in [0.717, 1.165) is 18.4 Å². The lowest BCUT2D eigenvalue weighted by Gasteiger charge is -2.16. The number of amides is 1. The molecule has 4 heteroatoms. The molecule has 0 aliphatic heterocycles. The molecular weight excluding hydrogens is 293 g/mol. The second kappa shape index (κ2) is 6.73. The van der Waals surface area contributed by atoms with Gasteiger partial charge in [0.05, 0.1) is 12.5 Å². The van der Waals surface area contributed by atoms with Crippen LogP contribution in [0.3, 0.4) is 0 Å². The zero-order chi connectivity index (χ0) is 16.2. The Hall–Kier alpha value is -2.49. The second-order valence-electron chi connectivity index (χ2n) is 5.87. The molecule has 0 aromatic heterocycles. The largest absolute Gasteiger partial charge is 0.348 e. The molecule has 118 valence electrons. The fourth-order valence-electron chi connectivity index (χ4n) is 2.74. The van der Waals surface area contributed by atoms with Crippen LogP contribution in [0, 0.1) is 11.7 Å². The van der Waals surface area contributed by atoms with Crippen LogP contribution < -0.4 is 5.32 Å². The number of carbonyl (C=O) groups excluding carboxylic acids is 2. The van der Waals surface area contributed by atoms with Gasteiger partial charge in [0.2, 0.25) is 5.91 Å². The van der Waals surface area contributed by atoms with Crippen molar-refractivity contribution < 1.29 is 14.0 Å². The third-order valence-electron chi connectivity index (χ3n) is 4.12. The van der Waals surface area contributed by atoms with Crippen LogP contribution in [-0.2, 0) is 4.79 Å². The smallest absolute Gasteiger partial charge is 0.228 e. The highest BCUT2D eigenvalue weighted by molar-refractivity contribution is 5.99. The number of nitrogens with one attached hydrogen (secondary N) is 1. The standard InChI is InChI=1S/C19H18FNO2/c20-16-10-8-13(9-11-16)17(22)12-21-19(23)18(15-6-7-15)14-4-2-1-3-5-14/h1-5,8-11,15,18H,6-7,12H2,(H,21,23). The van der Waals surface area contributed by atoms with E-state index in [2.05, 4.69) is 5.32 Å². The maximum atomic E-state index is 12.9. The van der Waals surface area contributed by atoms with Crippen molar-refractivity contribution in [3.8, 4) is 0 Å². The predicted molar refractivity (Wildman–Crippen MR) is 85.6 cm³/mol. The molecule has 0 heterocycles. The van der Waals surface area contributed by atoms with Crippen molar-refractivity contribution in [3.63, 3.8) is 0 Å². The van der Waals surface area contributed by atoms with Gasteiger partial charge in [-0.15, -0.1) is 0 Å². The van der Waals surface area contributed by atoms with Gasteiger partial charge in [0.15, 0.2) is 5.78 Å². The van der Waals surface area contributed by atoms with Gasteiger partial charge in [-0.05, 0) is 48.6 Å². The van der Waals surface area contributed by atoms with Gasteiger partial charge < -0.3 is 5.32 Å². The zero-order valence-corrected chi connectivity index (χ0v) is 12.7. The topological polar surface area (TPSA) is 46.2 Å². The quantitative estimate of drug-likeness (QED) is 0.832. The van der Waals surface area contributed by atoms with E-state index >= 15 is 0 Å². The molecule has 0 radical (unpaired) electrons. The minimum absolute atomic E-state index is 0.0689. The zero-order valence-electron chi connectivity index (χ0n) is 12.7. The van der Waals surface area contributed by atoms with Crippen LogP contribution in [0.1, 0.15) is 34.7 Å². The molecule has 0 bridgehead atoms. The summed E-state index contributed by atoms with van der Waals surface area (Å²) in [6.45, 7) is -0.0689. The van der Waals surface area contributed by atoms with Crippen molar-refractivity contribution >= 4 is 11.7 Å².